The lowest BCUT2D eigenvalue weighted by atomic mass is 10.2. The van der Waals surface area contributed by atoms with E-state index >= 15 is 0 Å². The maximum Gasteiger partial charge on any atom is 0.269 e. The molecule has 0 saturated carbocycles. The van der Waals surface area contributed by atoms with Crippen molar-refractivity contribution in [3.8, 4) is 9.88 Å². The summed E-state index contributed by atoms with van der Waals surface area (Å²) >= 11 is 3.43. The number of nitrogens with zero attached hydrogens (tertiary/aromatic N) is 4. The maximum atomic E-state index is 10.8. The third kappa shape index (κ3) is 3.77. The number of thiazole rings is 1. The zero-order chi connectivity index (χ0) is 17.9. The van der Waals surface area contributed by atoms with Gasteiger partial charge < -0.3 is 4.90 Å². The minimum atomic E-state index is -0.361. The molecule has 1 aliphatic heterocycles. The van der Waals surface area contributed by atoms with E-state index in [0.717, 1.165) is 49.1 Å². The predicted molar refractivity (Wildman–Crippen MR) is 106 cm³/mol. The quantitative estimate of drug-likeness (QED) is 0.488. The second-order valence-electron chi connectivity index (χ2n) is 6.16. The Labute approximate surface area is 159 Å². The lowest BCUT2D eigenvalue weighted by Crippen LogP contribution is -2.46. The lowest BCUT2D eigenvalue weighted by Gasteiger charge is -2.35. The highest BCUT2D eigenvalue weighted by Gasteiger charge is 2.19. The molecule has 0 bridgehead atoms. The average molecular weight is 387 g/mol. The summed E-state index contributed by atoms with van der Waals surface area (Å²) in [5.74, 6) is 0. The largest absolute Gasteiger partial charge is 0.369 e. The lowest BCUT2D eigenvalue weighted by molar-refractivity contribution is -0.384. The van der Waals surface area contributed by atoms with Crippen LogP contribution < -0.4 is 4.90 Å². The van der Waals surface area contributed by atoms with Gasteiger partial charge in [-0.3, -0.25) is 15.0 Å². The first-order valence-electron chi connectivity index (χ1n) is 8.39. The third-order valence-electron chi connectivity index (χ3n) is 4.47. The van der Waals surface area contributed by atoms with Crippen LogP contribution in [0.3, 0.4) is 0 Å². The average Bonchev–Trinajstić information content (AvgIpc) is 3.34. The van der Waals surface area contributed by atoms with E-state index in [4.69, 9.17) is 4.98 Å². The summed E-state index contributed by atoms with van der Waals surface area (Å²) in [6.45, 7) is 4.63. The predicted octanol–water partition coefficient (Wildman–Crippen LogP) is 4.10. The topological polar surface area (TPSA) is 62.5 Å². The molecule has 1 fully saturated rings. The van der Waals surface area contributed by atoms with Crippen molar-refractivity contribution >= 4 is 34.0 Å². The van der Waals surface area contributed by atoms with Gasteiger partial charge in [0.05, 0.1) is 15.5 Å². The summed E-state index contributed by atoms with van der Waals surface area (Å²) in [6, 6.07) is 11.0. The Balaban J connectivity index is 1.33. The first-order chi connectivity index (χ1) is 12.7. The molecular weight excluding hydrogens is 368 g/mol. The molecule has 26 heavy (non-hydrogen) atoms. The second kappa shape index (κ2) is 7.53. The number of non-ortho nitro benzene ring substituents is 1. The van der Waals surface area contributed by atoms with Gasteiger partial charge in [0.15, 0.2) is 0 Å². The van der Waals surface area contributed by atoms with Gasteiger partial charge >= 0.3 is 0 Å². The number of aromatic nitrogens is 1. The summed E-state index contributed by atoms with van der Waals surface area (Å²) in [6.07, 6.45) is 0. The fourth-order valence-corrected chi connectivity index (χ4v) is 4.70. The minimum absolute atomic E-state index is 0.137. The van der Waals surface area contributed by atoms with Crippen LogP contribution in [0.5, 0.6) is 0 Å². The molecule has 0 N–H and O–H groups in total. The number of thiophene rings is 1. The highest BCUT2D eigenvalue weighted by atomic mass is 32.1. The first kappa shape index (κ1) is 17.1. The van der Waals surface area contributed by atoms with Crippen molar-refractivity contribution < 1.29 is 4.92 Å². The number of hydrogen-bond acceptors (Lipinski definition) is 7. The molecule has 3 aromatic rings. The van der Waals surface area contributed by atoms with Gasteiger partial charge in [0.1, 0.15) is 5.01 Å². The molecule has 0 atom stereocenters. The Hall–Kier alpha value is -2.29. The Morgan fingerprint density at radius 2 is 1.85 bits per heavy atom. The van der Waals surface area contributed by atoms with Crippen molar-refractivity contribution in [3.05, 3.63) is 63.0 Å². The van der Waals surface area contributed by atoms with Crippen molar-refractivity contribution in [3.63, 3.8) is 0 Å². The second-order valence-corrected chi connectivity index (χ2v) is 7.96. The SMILES string of the molecule is O=[N+]([O-])c1ccc(N2CCN(Cc3csc(-c4cccs4)n3)CC2)cc1. The number of anilines is 1. The molecule has 1 aliphatic rings. The van der Waals surface area contributed by atoms with Gasteiger partial charge in [-0.15, -0.1) is 22.7 Å². The van der Waals surface area contributed by atoms with Gasteiger partial charge in [0.2, 0.25) is 0 Å². The molecule has 6 nitrogen and oxygen atoms in total. The van der Waals surface area contributed by atoms with Crippen molar-refractivity contribution in [2.45, 2.75) is 6.54 Å². The normalized spacial score (nSPS) is 15.3. The summed E-state index contributed by atoms with van der Waals surface area (Å²) in [4.78, 5) is 21.1. The third-order valence-corrected chi connectivity index (χ3v) is 6.40. The molecule has 1 aromatic carbocycles. The van der Waals surface area contributed by atoms with Gasteiger partial charge in [-0.05, 0) is 23.6 Å². The van der Waals surface area contributed by atoms with E-state index in [0.29, 0.717) is 0 Å². The van der Waals surface area contributed by atoms with Crippen molar-refractivity contribution in [2.24, 2.45) is 0 Å². The summed E-state index contributed by atoms with van der Waals surface area (Å²) in [7, 11) is 0. The van der Waals surface area contributed by atoms with Crippen molar-refractivity contribution in [2.75, 3.05) is 31.1 Å². The Bertz CT molecular complexity index is 869. The highest BCUT2D eigenvalue weighted by Crippen LogP contribution is 2.28. The Morgan fingerprint density at radius 1 is 1.08 bits per heavy atom. The van der Waals surface area contributed by atoms with Crippen molar-refractivity contribution in [1.82, 2.24) is 9.88 Å². The highest BCUT2D eigenvalue weighted by molar-refractivity contribution is 7.20. The van der Waals surface area contributed by atoms with Crippen LogP contribution in [-0.2, 0) is 6.54 Å². The van der Waals surface area contributed by atoms with Crippen LogP contribution >= 0.6 is 22.7 Å². The molecule has 0 radical (unpaired) electrons. The van der Waals surface area contributed by atoms with Crippen LogP contribution in [0, 0.1) is 10.1 Å². The molecule has 2 aromatic heterocycles. The first-order valence-corrected chi connectivity index (χ1v) is 10.1. The molecule has 1 saturated heterocycles. The number of nitro groups is 1. The zero-order valence-corrected chi connectivity index (χ0v) is 15.7. The van der Waals surface area contributed by atoms with Crippen LogP contribution in [-0.4, -0.2) is 41.0 Å². The van der Waals surface area contributed by atoms with E-state index < -0.39 is 0 Å². The molecule has 4 rings (SSSR count). The van der Waals surface area contributed by atoms with Gasteiger partial charge in [-0.2, -0.15) is 0 Å². The van der Waals surface area contributed by atoms with Gasteiger partial charge in [-0.1, -0.05) is 6.07 Å². The molecule has 0 spiro atoms. The van der Waals surface area contributed by atoms with E-state index in [1.54, 1.807) is 34.8 Å². The van der Waals surface area contributed by atoms with E-state index in [2.05, 4.69) is 32.7 Å². The molecule has 0 aliphatic carbocycles. The van der Waals surface area contributed by atoms with Crippen LogP contribution in [0.15, 0.2) is 47.2 Å². The van der Waals surface area contributed by atoms with Crippen LogP contribution in [0.25, 0.3) is 9.88 Å². The van der Waals surface area contributed by atoms with Crippen LogP contribution in [0.2, 0.25) is 0 Å². The van der Waals surface area contributed by atoms with E-state index in [1.807, 2.05) is 12.1 Å². The van der Waals surface area contributed by atoms with E-state index in [9.17, 15) is 10.1 Å². The van der Waals surface area contributed by atoms with Crippen LogP contribution in [0.4, 0.5) is 11.4 Å². The number of rotatable bonds is 5. The smallest absolute Gasteiger partial charge is 0.269 e. The molecule has 134 valence electrons. The standard InChI is InChI=1S/C18H18N4O2S2/c23-22(24)16-5-3-15(4-6-16)21-9-7-20(8-10-21)12-14-13-26-18(19-14)17-2-1-11-25-17/h1-6,11,13H,7-10,12H2. The van der Waals surface area contributed by atoms with E-state index in [-0.39, 0.29) is 10.6 Å². The van der Waals surface area contributed by atoms with Gasteiger partial charge in [-0.25, -0.2) is 4.98 Å². The fraction of sp³-hybridized carbons (Fsp3) is 0.278. The molecule has 0 unspecified atom stereocenters. The monoisotopic (exact) mass is 386 g/mol. The van der Waals surface area contributed by atoms with Gasteiger partial charge in [0.25, 0.3) is 5.69 Å². The number of hydrogen-bond donors (Lipinski definition) is 0. The minimum Gasteiger partial charge on any atom is -0.369 e. The summed E-state index contributed by atoms with van der Waals surface area (Å²) < 4.78 is 0. The maximum absolute atomic E-state index is 10.8. The Morgan fingerprint density at radius 3 is 2.50 bits per heavy atom. The zero-order valence-electron chi connectivity index (χ0n) is 14.1. The fourth-order valence-electron chi connectivity index (χ4n) is 3.07. The number of nitro benzene ring substituents is 1. The van der Waals surface area contributed by atoms with Crippen molar-refractivity contribution in [1.29, 1.82) is 0 Å². The van der Waals surface area contributed by atoms with E-state index in [1.165, 1.54) is 4.88 Å². The molecule has 0 amide bonds. The van der Waals surface area contributed by atoms with Crippen LogP contribution in [0.1, 0.15) is 5.69 Å². The number of piperazine rings is 1. The molecular formula is C18H18N4O2S2. The summed E-state index contributed by atoms with van der Waals surface area (Å²) in [5.41, 5.74) is 2.31. The number of benzene rings is 1. The Kier molecular flexibility index (Phi) is 4.96. The molecule has 3 heterocycles. The molecule has 8 heteroatoms. The van der Waals surface area contributed by atoms with Gasteiger partial charge in [0, 0.05) is 55.9 Å². The summed E-state index contributed by atoms with van der Waals surface area (Å²) in [5, 5.41) is 16.1.